The minimum Gasteiger partial charge on any atom is -0.497 e. The van der Waals surface area contributed by atoms with E-state index < -0.39 is 36.3 Å². The molecule has 0 bridgehead atoms. The molecule has 1 aromatic rings. The molecule has 1 fully saturated rings. The van der Waals surface area contributed by atoms with E-state index in [1.807, 2.05) is 0 Å². The molecule has 0 saturated heterocycles. The van der Waals surface area contributed by atoms with Crippen molar-refractivity contribution in [2.24, 2.45) is 5.92 Å². The van der Waals surface area contributed by atoms with Crippen LogP contribution in [-0.4, -0.2) is 66.0 Å². The van der Waals surface area contributed by atoms with Gasteiger partial charge in [0.15, 0.2) is 5.78 Å². The van der Waals surface area contributed by atoms with Gasteiger partial charge in [0.05, 0.1) is 38.9 Å². The normalized spacial score (nSPS) is 15.6. The molecule has 10 heteroatoms. The highest BCUT2D eigenvalue weighted by Crippen LogP contribution is 2.28. The number of Topliss-reactive ketones (excluding diaryl/α,β-unsaturated/α-hetero) is 1. The van der Waals surface area contributed by atoms with Crippen molar-refractivity contribution in [1.29, 1.82) is 0 Å². The van der Waals surface area contributed by atoms with Crippen molar-refractivity contribution < 1.29 is 33.8 Å². The molecule has 1 unspecified atom stereocenters. The van der Waals surface area contributed by atoms with E-state index >= 15 is 0 Å². The topological polar surface area (TPSA) is 131 Å². The summed E-state index contributed by atoms with van der Waals surface area (Å²) in [4.78, 5) is 50.1. The van der Waals surface area contributed by atoms with Crippen LogP contribution in [-0.2, 0) is 25.6 Å². The molecule has 0 aromatic heterocycles. The number of ketones is 1. The summed E-state index contributed by atoms with van der Waals surface area (Å²) < 4.78 is 10.5. The molecule has 2 atom stereocenters. The molecule has 9 nitrogen and oxygen atoms in total. The molecule has 200 valence electrons. The van der Waals surface area contributed by atoms with E-state index in [-0.39, 0.29) is 23.9 Å². The molecular weight excluding hydrogens is 484 g/mol. The first kappa shape index (κ1) is 29.5. The lowest BCUT2D eigenvalue weighted by atomic mass is 10.0. The van der Waals surface area contributed by atoms with Crippen LogP contribution in [0, 0.1) is 5.92 Å². The molecule has 2 amide bonds. The summed E-state index contributed by atoms with van der Waals surface area (Å²) in [6, 6.07) is 3.01. The summed E-state index contributed by atoms with van der Waals surface area (Å²) in [6.07, 6.45) is 5.02. The monoisotopic (exact) mass is 522 g/mol. The standard InChI is InChI=1S/C26H38N2O7S/c1-16(2)25(28-23(30)13-17-12-18(34-3)10-11-22(17)35-4)26(33)27-20(14-24(31)32)21(29)15-36-19-8-6-5-7-9-19/h10-12,16,19-20,25H,5-9,13-15H2,1-4H3,(H,27,33)(H,28,30)(H,31,32)/t20?,25-/m0/s1. The third-order valence-corrected chi connectivity index (χ3v) is 7.60. The number of benzene rings is 1. The summed E-state index contributed by atoms with van der Waals surface area (Å²) >= 11 is 1.54. The Balaban J connectivity index is 2.04. The summed E-state index contributed by atoms with van der Waals surface area (Å²) in [5.74, 6) is -1.56. The molecule has 0 aliphatic heterocycles. The zero-order valence-electron chi connectivity index (χ0n) is 21.5. The predicted molar refractivity (Wildman–Crippen MR) is 139 cm³/mol. The van der Waals surface area contributed by atoms with Gasteiger partial charge in [0, 0.05) is 10.8 Å². The fourth-order valence-electron chi connectivity index (χ4n) is 4.17. The maximum atomic E-state index is 13.1. The second-order valence-corrected chi connectivity index (χ2v) is 10.6. The molecule has 2 rings (SSSR count). The molecule has 1 aromatic carbocycles. The molecule has 1 aliphatic carbocycles. The van der Waals surface area contributed by atoms with E-state index in [1.54, 1.807) is 32.0 Å². The lowest BCUT2D eigenvalue weighted by molar-refractivity contribution is -0.140. The molecule has 0 radical (unpaired) electrons. The SMILES string of the molecule is COc1ccc(OC)c(CC(=O)N[C@H](C(=O)NC(CC(=O)O)C(=O)CSC2CCCCC2)C(C)C)c1. The number of carbonyl (C=O) groups excluding carboxylic acids is 3. The van der Waals surface area contributed by atoms with E-state index in [9.17, 15) is 24.3 Å². The van der Waals surface area contributed by atoms with Gasteiger partial charge in [-0.2, -0.15) is 11.8 Å². The number of aliphatic carboxylic acids is 1. The highest BCUT2D eigenvalue weighted by molar-refractivity contribution is 8.00. The van der Waals surface area contributed by atoms with Gasteiger partial charge in [-0.1, -0.05) is 33.1 Å². The predicted octanol–water partition coefficient (Wildman–Crippen LogP) is 2.98. The highest BCUT2D eigenvalue weighted by atomic mass is 32.2. The second kappa shape index (κ2) is 14.7. The van der Waals surface area contributed by atoms with Crippen molar-refractivity contribution in [3.8, 4) is 11.5 Å². The van der Waals surface area contributed by atoms with E-state index in [4.69, 9.17) is 9.47 Å². The van der Waals surface area contributed by atoms with Gasteiger partial charge in [-0.05, 0) is 37.0 Å². The zero-order valence-corrected chi connectivity index (χ0v) is 22.3. The Morgan fingerprint density at radius 3 is 2.33 bits per heavy atom. The molecule has 3 N–H and O–H groups in total. The van der Waals surface area contributed by atoms with Gasteiger partial charge in [0.1, 0.15) is 17.5 Å². The molecular formula is C26H38N2O7S. The van der Waals surface area contributed by atoms with Crippen molar-refractivity contribution >= 4 is 35.3 Å². The van der Waals surface area contributed by atoms with Crippen molar-refractivity contribution in [3.05, 3.63) is 23.8 Å². The number of thioether (sulfide) groups is 1. The van der Waals surface area contributed by atoms with Crippen LogP contribution in [0.5, 0.6) is 11.5 Å². The maximum Gasteiger partial charge on any atom is 0.305 e. The first-order chi connectivity index (χ1) is 17.1. The number of amides is 2. The van der Waals surface area contributed by atoms with Gasteiger partial charge in [0.2, 0.25) is 11.8 Å². The van der Waals surface area contributed by atoms with Crippen molar-refractivity contribution in [3.63, 3.8) is 0 Å². The number of hydrogen-bond acceptors (Lipinski definition) is 7. The van der Waals surface area contributed by atoms with Crippen LogP contribution in [0.4, 0.5) is 0 Å². The van der Waals surface area contributed by atoms with Crippen LogP contribution in [0.15, 0.2) is 18.2 Å². The summed E-state index contributed by atoms with van der Waals surface area (Å²) in [5, 5.41) is 15.0. The van der Waals surface area contributed by atoms with Gasteiger partial charge < -0.3 is 25.2 Å². The van der Waals surface area contributed by atoms with Crippen LogP contribution >= 0.6 is 11.8 Å². The molecule has 36 heavy (non-hydrogen) atoms. The van der Waals surface area contributed by atoms with Crippen molar-refractivity contribution in [1.82, 2.24) is 10.6 Å². The lowest BCUT2D eigenvalue weighted by Gasteiger charge is -2.25. The largest absolute Gasteiger partial charge is 0.497 e. The molecule has 1 aliphatic rings. The fourth-order valence-corrected chi connectivity index (χ4v) is 5.43. The Morgan fingerprint density at radius 2 is 1.75 bits per heavy atom. The van der Waals surface area contributed by atoms with Crippen LogP contribution < -0.4 is 20.1 Å². The van der Waals surface area contributed by atoms with Gasteiger partial charge >= 0.3 is 5.97 Å². The van der Waals surface area contributed by atoms with Crippen molar-refractivity contribution in [2.75, 3.05) is 20.0 Å². The number of methoxy groups -OCH3 is 2. The Morgan fingerprint density at radius 1 is 1.06 bits per heavy atom. The summed E-state index contributed by atoms with van der Waals surface area (Å²) in [7, 11) is 3.02. The Bertz CT molecular complexity index is 916. The average molecular weight is 523 g/mol. The zero-order chi connectivity index (χ0) is 26.7. The smallest absolute Gasteiger partial charge is 0.305 e. The number of hydrogen-bond donors (Lipinski definition) is 3. The molecule has 0 heterocycles. The van der Waals surface area contributed by atoms with Crippen LogP contribution in [0.2, 0.25) is 0 Å². The summed E-state index contributed by atoms with van der Waals surface area (Å²) in [5.41, 5.74) is 0.593. The fraction of sp³-hybridized carbons (Fsp3) is 0.615. The second-order valence-electron chi connectivity index (χ2n) is 9.34. The average Bonchev–Trinajstić information content (AvgIpc) is 2.85. The quantitative estimate of drug-likeness (QED) is 0.340. The lowest BCUT2D eigenvalue weighted by Crippen LogP contribution is -2.54. The van der Waals surface area contributed by atoms with Gasteiger partial charge in [0.25, 0.3) is 0 Å². The van der Waals surface area contributed by atoms with Gasteiger partial charge in [-0.3, -0.25) is 19.2 Å². The van der Waals surface area contributed by atoms with Gasteiger partial charge in [-0.25, -0.2) is 0 Å². The Hall–Kier alpha value is -2.75. The van der Waals surface area contributed by atoms with Crippen LogP contribution in [0.1, 0.15) is 57.9 Å². The minimum absolute atomic E-state index is 0.0492. The Labute approximate surface area is 217 Å². The molecule has 0 spiro atoms. The number of rotatable bonds is 14. The number of carboxylic acids is 1. The van der Waals surface area contributed by atoms with Crippen LogP contribution in [0.3, 0.4) is 0 Å². The van der Waals surface area contributed by atoms with E-state index in [0.717, 1.165) is 25.7 Å². The first-order valence-electron chi connectivity index (χ1n) is 12.3. The number of nitrogens with one attached hydrogen (secondary N) is 2. The van der Waals surface area contributed by atoms with Gasteiger partial charge in [-0.15, -0.1) is 0 Å². The summed E-state index contributed by atoms with van der Waals surface area (Å²) in [6.45, 7) is 3.53. The van der Waals surface area contributed by atoms with E-state index in [0.29, 0.717) is 22.3 Å². The van der Waals surface area contributed by atoms with Crippen molar-refractivity contribution in [2.45, 2.75) is 76.1 Å². The number of carboxylic acid groups (broad SMARTS) is 1. The Kier molecular flexibility index (Phi) is 12.1. The number of carbonyl (C=O) groups is 4. The highest BCUT2D eigenvalue weighted by Gasteiger charge is 2.30. The van der Waals surface area contributed by atoms with E-state index in [2.05, 4.69) is 10.6 Å². The third-order valence-electron chi connectivity index (χ3n) is 6.20. The van der Waals surface area contributed by atoms with E-state index in [1.165, 1.54) is 32.4 Å². The third kappa shape index (κ3) is 9.37. The maximum absolute atomic E-state index is 13.1. The number of ether oxygens (including phenoxy) is 2. The van der Waals surface area contributed by atoms with Crippen LogP contribution in [0.25, 0.3) is 0 Å². The molecule has 1 saturated carbocycles. The minimum atomic E-state index is -1.17. The first-order valence-corrected chi connectivity index (χ1v) is 13.4.